The molecule has 0 unspecified atom stereocenters. The molecule has 5 N–H and O–H groups in total. The van der Waals surface area contributed by atoms with Gasteiger partial charge in [0.25, 0.3) is 5.91 Å². The number of hydrazine groups is 1. The van der Waals surface area contributed by atoms with Crippen LogP contribution in [0.15, 0.2) is 24.3 Å². The number of phenols is 2. The summed E-state index contributed by atoms with van der Waals surface area (Å²) >= 11 is 0. The van der Waals surface area contributed by atoms with Crippen LogP contribution in [0.3, 0.4) is 0 Å². The summed E-state index contributed by atoms with van der Waals surface area (Å²) in [4.78, 5) is 10.7. The Morgan fingerprint density at radius 2 is 2.07 bits per heavy atom. The van der Waals surface area contributed by atoms with Gasteiger partial charge in [-0.25, -0.2) is 5.84 Å². The molecule has 0 aromatic heterocycles. The van der Waals surface area contributed by atoms with E-state index >= 15 is 0 Å². The van der Waals surface area contributed by atoms with Crippen molar-refractivity contribution in [3.63, 3.8) is 0 Å². The SMILES string of the molecule is NNC(=O)/C=C/c1ccc(O)c(O)c1. The molecule has 0 spiro atoms. The number of benzene rings is 1. The summed E-state index contributed by atoms with van der Waals surface area (Å²) in [6, 6.07) is 4.21. The first-order valence-corrected chi connectivity index (χ1v) is 3.84. The molecule has 0 saturated heterocycles. The Hall–Kier alpha value is -2.01. The van der Waals surface area contributed by atoms with Crippen molar-refractivity contribution in [2.24, 2.45) is 5.84 Å². The number of amides is 1. The smallest absolute Gasteiger partial charge is 0.257 e. The maximum atomic E-state index is 10.7. The molecule has 1 aromatic rings. The van der Waals surface area contributed by atoms with Crippen LogP contribution >= 0.6 is 0 Å². The minimum Gasteiger partial charge on any atom is -0.504 e. The van der Waals surface area contributed by atoms with E-state index in [2.05, 4.69) is 0 Å². The van der Waals surface area contributed by atoms with Crippen LogP contribution in [0.4, 0.5) is 0 Å². The van der Waals surface area contributed by atoms with Crippen molar-refractivity contribution < 1.29 is 15.0 Å². The molecule has 0 bridgehead atoms. The molecule has 0 aliphatic carbocycles. The average molecular weight is 194 g/mol. The third-order valence-electron chi connectivity index (χ3n) is 1.57. The van der Waals surface area contributed by atoms with Gasteiger partial charge in [0.1, 0.15) is 0 Å². The number of carbonyl (C=O) groups excluding carboxylic acids is 1. The first kappa shape index (κ1) is 10.1. The third-order valence-corrected chi connectivity index (χ3v) is 1.57. The molecule has 0 aliphatic rings. The van der Waals surface area contributed by atoms with E-state index in [0.717, 1.165) is 0 Å². The van der Waals surface area contributed by atoms with Crippen molar-refractivity contribution >= 4 is 12.0 Å². The number of hydrogen-bond donors (Lipinski definition) is 4. The van der Waals surface area contributed by atoms with Crippen LogP contribution in [0.5, 0.6) is 11.5 Å². The third kappa shape index (κ3) is 2.49. The van der Waals surface area contributed by atoms with Crippen LogP contribution in [0.25, 0.3) is 6.08 Å². The lowest BCUT2D eigenvalue weighted by Crippen LogP contribution is -2.27. The Morgan fingerprint density at radius 1 is 1.36 bits per heavy atom. The summed E-state index contributed by atoms with van der Waals surface area (Å²) in [5, 5.41) is 18.1. The molecular formula is C9H10N2O3. The van der Waals surface area contributed by atoms with E-state index in [4.69, 9.17) is 16.1 Å². The highest BCUT2D eigenvalue weighted by molar-refractivity contribution is 5.91. The van der Waals surface area contributed by atoms with E-state index in [-0.39, 0.29) is 11.5 Å². The molecule has 0 fully saturated rings. The first-order valence-electron chi connectivity index (χ1n) is 3.84. The van der Waals surface area contributed by atoms with Gasteiger partial charge < -0.3 is 10.2 Å². The van der Waals surface area contributed by atoms with Gasteiger partial charge in [0, 0.05) is 6.08 Å². The molecule has 14 heavy (non-hydrogen) atoms. The zero-order chi connectivity index (χ0) is 10.6. The van der Waals surface area contributed by atoms with Crippen LogP contribution in [0.1, 0.15) is 5.56 Å². The van der Waals surface area contributed by atoms with Gasteiger partial charge in [0.2, 0.25) is 0 Å². The zero-order valence-electron chi connectivity index (χ0n) is 7.27. The minimum atomic E-state index is -0.447. The first-order chi connectivity index (χ1) is 6.63. The van der Waals surface area contributed by atoms with Gasteiger partial charge in [-0.3, -0.25) is 10.2 Å². The molecule has 0 heterocycles. The molecule has 5 heteroatoms. The quantitative estimate of drug-likeness (QED) is 0.176. The average Bonchev–Trinajstić information content (AvgIpc) is 2.19. The number of aromatic hydroxyl groups is 2. The highest BCUT2D eigenvalue weighted by Gasteiger charge is 1.98. The van der Waals surface area contributed by atoms with Crippen molar-refractivity contribution in [3.05, 3.63) is 29.8 Å². The Morgan fingerprint density at radius 3 is 2.64 bits per heavy atom. The number of nitrogens with two attached hydrogens (primary N) is 1. The summed E-state index contributed by atoms with van der Waals surface area (Å²) < 4.78 is 0. The van der Waals surface area contributed by atoms with Gasteiger partial charge in [-0.05, 0) is 23.8 Å². The van der Waals surface area contributed by atoms with Crippen LogP contribution in [-0.2, 0) is 4.79 Å². The minimum absolute atomic E-state index is 0.203. The van der Waals surface area contributed by atoms with E-state index in [1.165, 1.54) is 24.3 Å². The second-order valence-corrected chi connectivity index (χ2v) is 2.59. The van der Waals surface area contributed by atoms with E-state index in [9.17, 15) is 4.79 Å². The maximum Gasteiger partial charge on any atom is 0.257 e. The predicted molar refractivity (Wildman–Crippen MR) is 51.1 cm³/mol. The molecule has 0 atom stereocenters. The molecule has 1 amide bonds. The number of rotatable bonds is 2. The summed E-state index contributed by atoms with van der Waals surface area (Å²) in [6.45, 7) is 0. The Bertz CT molecular complexity index is 374. The summed E-state index contributed by atoms with van der Waals surface area (Å²) in [6.07, 6.45) is 2.67. The summed E-state index contributed by atoms with van der Waals surface area (Å²) in [7, 11) is 0. The Balaban J connectivity index is 2.83. The topological polar surface area (TPSA) is 95.6 Å². The van der Waals surface area contributed by atoms with Crippen molar-refractivity contribution in [3.8, 4) is 11.5 Å². The number of nitrogens with one attached hydrogen (secondary N) is 1. The Kier molecular flexibility index (Phi) is 3.09. The summed E-state index contributed by atoms with van der Waals surface area (Å²) in [5.74, 6) is 3.96. The van der Waals surface area contributed by atoms with E-state index < -0.39 is 5.91 Å². The molecule has 1 aromatic carbocycles. The maximum absolute atomic E-state index is 10.7. The standard InChI is InChI=1S/C9H10N2O3/c10-11-9(14)4-2-6-1-3-7(12)8(13)5-6/h1-5,12-13H,10H2,(H,11,14)/b4-2+. The van der Waals surface area contributed by atoms with Crippen molar-refractivity contribution in [2.75, 3.05) is 0 Å². The monoisotopic (exact) mass is 194 g/mol. The summed E-state index contributed by atoms with van der Waals surface area (Å²) in [5.41, 5.74) is 2.51. The lowest BCUT2D eigenvalue weighted by atomic mass is 10.2. The van der Waals surface area contributed by atoms with Crippen molar-refractivity contribution in [2.45, 2.75) is 0 Å². The molecule has 5 nitrogen and oxygen atoms in total. The van der Waals surface area contributed by atoms with Crippen molar-refractivity contribution in [1.82, 2.24) is 5.43 Å². The van der Waals surface area contributed by atoms with Gasteiger partial charge in [0.15, 0.2) is 11.5 Å². The molecule has 1 rings (SSSR count). The largest absolute Gasteiger partial charge is 0.504 e. The van der Waals surface area contributed by atoms with Gasteiger partial charge in [-0.15, -0.1) is 0 Å². The normalized spacial score (nSPS) is 10.4. The van der Waals surface area contributed by atoms with Gasteiger partial charge in [-0.2, -0.15) is 0 Å². The van der Waals surface area contributed by atoms with Gasteiger partial charge >= 0.3 is 0 Å². The predicted octanol–water partition coefficient (Wildman–Crippen LogP) is 0.101. The molecule has 0 saturated carbocycles. The second kappa shape index (κ2) is 4.29. The van der Waals surface area contributed by atoms with E-state index in [1.54, 1.807) is 6.07 Å². The van der Waals surface area contributed by atoms with E-state index in [1.807, 2.05) is 5.43 Å². The van der Waals surface area contributed by atoms with Crippen LogP contribution in [0.2, 0.25) is 0 Å². The fourth-order valence-corrected chi connectivity index (χ4v) is 0.864. The lowest BCUT2D eigenvalue weighted by Gasteiger charge is -1.98. The molecule has 74 valence electrons. The number of hydrogen-bond acceptors (Lipinski definition) is 4. The number of phenolic OH excluding ortho intramolecular Hbond substituents is 2. The van der Waals surface area contributed by atoms with Gasteiger partial charge in [0.05, 0.1) is 0 Å². The van der Waals surface area contributed by atoms with Crippen LogP contribution in [-0.4, -0.2) is 16.1 Å². The van der Waals surface area contributed by atoms with Crippen LogP contribution in [0, 0.1) is 0 Å². The zero-order valence-corrected chi connectivity index (χ0v) is 7.27. The Labute approximate surface area is 80.4 Å². The second-order valence-electron chi connectivity index (χ2n) is 2.59. The fraction of sp³-hybridized carbons (Fsp3) is 0. The molecular weight excluding hydrogens is 184 g/mol. The van der Waals surface area contributed by atoms with Crippen LogP contribution < -0.4 is 11.3 Å². The highest BCUT2D eigenvalue weighted by Crippen LogP contribution is 2.25. The van der Waals surface area contributed by atoms with Gasteiger partial charge in [-0.1, -0.05) is 6.07 Å². The lowest BCUT2D eigenvalue weighted by molar-refractivity contribution is -0.116. The molecule has 0 aliphatic heterocycles. The highest BCUT2D eigenvalue weighted by atomic mass is 16.3. The van der Waals surface area contributed by atoms with E-state index in [0.29, 0.717) is 5.56 Å². The fourth-order valence-electron chi connectivity index (χ4n) is 0.864. The van der Waals surface area contributed by atoms with Crippen molar-refractivity contribution in [1.29, 1.82) is 0 Å². The number of carbonyl (C=O) groups is 1. The molecule has 0 radical (unpaired) electrons.